The minimum Gasteiger partial charge on any atom is -0.373 e. The van der Waals surface area contributed by atoms with Gasteiger partial charge in [-0.2, -0.15) is 0 Å². The molecular formula is C23H19FN4O. The zero-order valence-electron chi connectivity index (χ0n) is 15.9. The fourth-order valence-electron chi connectivity index (χ4n) is 3.31. The Hall–Kier alpha value is -3.80. The summed E-state index contributed by atoms with van der Waals surface area (Å²) in [5.74, 6) is 0.331. The van der Waals surface area contributed by atoms with E-state index in [4.69, 9.17) is 0 Å². The van der Waals surface area contributed by atoms with E-state index < -0.39 is 0 Å². The maximum atomic E-state index is 14.9. The molecule has 0 atom stereocenters. The van der Waals surface area contributed by atoms with Gasteiger partial charge in [0.2, 0.25) is 0 Å². The number of anilines is 1. The molecule has 0 spiro atoms. The van der Waals surface area contributed by atoms with Crippen molar-refractivity contribution in [3.8, 4) is 11.1 Å². The highest BCUT2D eigenvalue weighted by Gasteiger charge is 2.11. The molecule has 2 heterocycles. The predicted octanol–water partition coefficient (Wildman–Crippen LogP) is 4.33. The number of pyridine rings is 1. The molecule has 6 heteroatoms. The second-order valence-electron chi connectivity index (χ2n) is 6.59. The Labute approximate surface area is 167 Å². The Bertz CT molecular complexity index is 1280. The van der Waals surface area contributed by atoms with E-state index in [-0.39, 0.29) is 17.9 Å². The lowest BCUT2D eigenvalue weighted by Gasteiger charge is -2.12. The second kappa shape index (κ2) is 7.67. The Kier molecular flexibility index (Phi) is 4.91. The number of benzene rings is 2. The molecule has 0 aliphatic carbocycles. The summed E-state index contributed by atoms with van der Waals surface area (Å²) in [6.45, 7) is 3.92. The molecule has 2 aromatic carbocycles. The first-order valence-corrected chi connectivity index (χ1v) is 9.14. The van der Waals surface area contributed by atoms with Gasteiger partial charge in [-0.15, -0.1) is 0 Å². The average molecular weight is 386 g/mol. The predicted molar refractivity (Wildman–Crippen MR) is 114 cm³/mol. The van der Waals surface area contributed by atoms with Crippen molar-refractivity contribution >= 4 is 22.9 Å². The third kappa shape index (κ3) is 3.52. The van der Waals surface area contributed by atoms with Crippen LogP contribution in [0.4, 0.5) is 10.2 Å². The lowest BCUT2D eigenvalue weighted by atomic mass is 10.0. The van der Waals surface area contributed by atoms with E-state index >= 15 is 0 Å². The maximum absolute atomic E-state index is 14.9. The first kappa shape index (κ1) is 18.6. The van der Waals surface area contributed by atoms with Crippen molar-refractivity contribution in [2.45, 2.75) is 6.54 Å². The summed E-state index contributed by atoms with van der Waals surface area (Å²) >= 11 is 0. The van der Waals surface area contributed by atoms with Crippen molar-refractivity contribution in [2.24, 2.45) is 0 Å². The van der Waals surface area contributed by atoms with Gasteiger partial charge in [-0.05, 0) is 29.8 Å². The number of rotatable bonds is 5. The minimum atomic E-state index is -0.381. The number of fused-ring (bicyclic) bond motifs is 1. The summed E-state index contributed by atoms with van der Waals surface area (Å²) < 4.78 is 16.4. The van der Waals surface area contributed by atoms with Gasteiger partial charge in [0.05, 0.1) is 23.8 Å². The highest BCUT2D eigenvalue weighted by molar-refractivity contribution is 5.74. The van der Waals surface area contributed by atoms with Crippen molar-refractivity contribution < 1.29 is 4.39 Å². The van der Waals surface area contributed by atoms with E-state index in [2.05, 4.69) is 21.9 Å². The maximum Gasteiger partial charge on any atom is 0.269 e. The lowest BCUT2D eigenvalue weighted by molar-refractivity contribution is 0.599. The molecule has 0 amide bonds. The number of hydrogen-bond donors (Lipinski definition) is 1. The van der Waals surface area contributed by atoms with Crippen molar-refractivity contribution in [1.29, 1.82) is 0 Å². The summed E-state index contributed by atoms with van der Waals surface area (Å²) in [7, 11) is 1.79. The molecule has 1 N–H and O–H groups in total. The van der Waals surface area contributed by atoms with Crippen LogP contribution in [-0.2, 0) is 6.54 Å². The largest absolute Gasteiger partial charge is 0.373 e. The van der Waals surface area contributed by atoms with Crippen LogP contribution in [0.15, 0.2) is 72.3 Å². The van der Waals surface area contributed by atoms with Crippen molar-refractivity contribution in [3.05, 3.63) is 94.8 Å². The van der Waals surface area contributed by atoms with E-state index in [1.54, 1.807) is 25.4 Å². The van der Waals surface area contributed by atoms with Crippen LogP contribution < -0.4 is 10.9 Å². The summed E-state index contributed by atoms with van der Waals surface area (Å²) in [5, 5.41) is 3.00. The molecule has 0 radical (unpaired) electrons. The molecule has 0 aliphatic rings. The Morgan fingerprint density at radius 2 is 1.93 bits per heavy atom. The van der Waals surface area contributed by atoms with Gasteiger partial charge < -0.3 is 9.88 Å². The summed E-state index contributed by atoms with van der Waals surface area (Å²) in [5.41, 5.74) is 3.85. The zero-order valence-corrected chi connectivity index (χ0v) is 15.9. The quantitative estimate of drug-likeness (QED) is 0.555. The molecular weight excluding hydrogens is 367 g/mol. The highest BCUT2D eigenvalue weighted by Crippen LogP contribution is 2.26. The third-order valence-electron chi connectivity index (χ3n) is 4.84. The Morgan fingerprint density at radius 1 is 1.10 bits per heavy atom. The molecule has 2 aromatic heterocycles. The molecule has 0 fully saturated rings. The molecule has 0 aliphatic heterocycles. The van der Waals surface area contributed by atoms with E-state index in [0.29, 0.717) is 28.0 Å². The van der Waals surface area contributed by atoms with Crippen LogP contribution in [-0.4, -0.2) is 21.6 Å². The molecule has 5 nitrogen and oxygen atoms in total. The van der Waals surface area contributed by atoms with Crippen LogP contribution in [0.25, 0.3) is 28.2 Å². The highest BCUT2D eigenvalue weighted by atomic mass is 19.1. The Balaban J connectivity index is 1.72. The monoisotopic (exact) mass is 386 g/mol. The SMILES string of the molecule is C=Cc1cc(-c2ccc(Cn3c(=O)cnc4ccccc43)c(F)c2)cnc1NC. The number of halogens is 1. The number of aromatic nitrogens is 3. The summed E-state index contributed by atoms with van der Waals surface area (Å²) in [6, 6.07) is 14.2. The van der Waals surface area contributed by atoms with Crippen LogP contribution in [0.5, 0.6) is 0 Å². The number of para-hydroxylation sites is 2. The van der Waals surface area contributed by atoms with Crippen LogP contribution in [0.3, 0.4) is 0 Å². The van der Waals surface area contributed by atoms with Crippen molar-refractivity contribution in [2.75, 3.05) is 12.4 Å². The first-order valence-electron chi connectivity index (χ1n) is 9.14. The van der Waals surface area contributed by atoms with Gasteiger partial charge in [0.1, 0.15) is 11.6 Å². The molecule has 0 bridgehead atoms. The number of nitrogens with one attached hydrogen (secondary N) is 1. The molecule has 0 saturated carbocycles. The number of nitrogens with zero attached hydrogens (tertiary/aromatic N) is 3. The minimum absolute atomic E-state index is 0.128. The first-order chi connectivity index (χ1) is 14.1. The molecule has 4 rings (SSSR count). The standard InChI is InChI=1S/C23H19FN4O/c1-3-15-10-18(12-27-23(15)25-2)16-8-9-17(19(24)11-16)14-28-21-7-5-4-6-20(21)26-13-22(28)29/h3-13H,1,14H2,2H3,(H,25,27). The fourth-order valence-corrected chi connectivity index (χ4v) is 3.31. The van der Waals surface area contributed by atoms with E-state index in [0.717, 1.165) is 11.1 Å². The molecule has 144 valence electrons. The van der Waals surface area contributed by atoms with Crippen LogP contribution in [0, 0.1) is 5.82 Å². The molecule has 29 heavy (non-hydrogen) atoms. The van der Waals surface area contributed by atoms with Crippen LogP contribution in [0.2, 0.25) is 0 Å². The third-order valence-corrected chi connectivity index (χ3v) is 4.84. The van der Waals surface area contributed by atoms with Gasteiger partial charge in [-0.25, -0.2) is 14.4 Å². The second-order valence-corrected chi connectivity index (χ2v) is 6.59. The van der Waals surface area contributed by atoms with Gasteiger partial charge in [-0.1, -0.05) is 36.9 Å². The topological polar surface area (TPSA) is 59.8 Å². The van der Waals surface area contributed by atoms with Crippen LogP contribution >= 0.6 is 0 Å². The average Bonchev–Trinajstić information content (AvgIpc) is 2.76. The fraction of sp³-hybridized carbons (Fsp3) is 0.0870. The zero-order chi connectivity index (χ0) is 20.4. The lowest BCUT2D eigenvalue weighted by Crippen LogP contribution is -2.21. The van der Waals surface area contributed by atoms with Gasteiger partial charge in [-0.3, -0.25) is 4.79 Å². The van der Waals surface area contributed by atoms with E-state index in [9.17, 15) is 9.18 Å². The van der Waals surface area contributed by atoms with Gasteiger partial charge in [0.25, 0.3) is 5.56 Å². The number of hydrogen-bond acceptors (Lipinski definition) is 4. The van der Waals surface area contributed by atoms with E-state index in [1.165, 1.54) is 16.8 Å². The summed E-state index contributed by atoms with van der Waals surface area (Å²) in [6.07, 6.45) is 4.66. The van der Waals surface area contributed by atoms with Gasteiger partial charge >= 0.3 is 0 Å². The van der Waals surface area contributed by atoms with Crippen LogP contribution in [0.1, 0.15) is 11.1 Å². The molecule has 0 unspecified atom stereocenters. The normalized spacial score (nSPS) is 10.8. The summed E-state index contributed by atoms with van der Waals surface area (Å²) in [4.78, 5) is 20.8. The van der Waals surface area contributed by atoms with Gasteiger partial charge in [0, 0.05) is 29.9 Å². The molecule has 0 saturated heterocycles. The van der Waals surface area contributed by atoms with E-state index in [1.807, 2.05) is 36.4 Å². The molecule has 4 aromatic rings. The Morgan fingerprint density at radius 3 is 2.69 bits per heavy atom. The van der Waals surface area contributed by atoms with Crippen molar-refractivity contribution in [3.63, 3.8) is 0 Å². The van der Waals surface area contributed by atoms with Gasteiger partial charge in [0.15, 0.2) is 0 Å². The smallest absolute Gasteiger partial charge is 0.269 e. The van der Waals surface area contributed by atoms with Crippen molar-refractivity contribution in [1.82, 2.24) is 14.5 Å².